The van der Waals surface area contributed by atoms with Crippen molar-refractivity contribution in [1.82, 2.24) is 0 Å². The van der Waals surface area contributed by atoms with Gasteiger partial charge < -0.3 is 58.3 Å². The molecule has 0 bridgehead atoms. The molecule has 0 aromatic carbocycles. The Labute approximate surface area is 182 Å². The molecule has 0 aliphatic rings. The number of nitrogens with one attached hydrogen (secondary N) is 2. The van der Waals surface area contributed by atoms with Gasteiger partial charge in [-0.15, -0.1) is 0 Å². The standard InChI is InChI=1S/2C8H17NO.3ClH.Ti/c2*1-2-3-4-5-6-7-8(9)10;;;;/h2*2-7H2,1H3,(H2,9,10);3*1H;/q;;;;;+3/p-5. The Bertz CT molecular complexity index is 225. The summed E-state index contributed by atoms with van der Waals surface area (Å²) >= 11 is 0. The van der Waals surface area contributed by atoms with Gasteiger partial charge >= 0.3 is 21.7 Å². The Morgan fingerprint density at radius 1 is 0.583 bits per heavy atom. The summed E-state index contributed by atoms with van der Waals surface area (Å²) < 4.78 is 0. The molecule has 24 heavy (non-hydrogen) atoms. The SMILES string of the molecule is CCCCCCCC([NH-])=O.CCCCCCCC([NH-])=O.[Cl-].[Cl-].[Cl-].[Ti+3]. The minimum Gasteiger partial charge on any atom is -1.00 e. The average Bonchev–Trinajstić information content (AvgIpc) is 2.38. The van der Waals surface area contributed by atoms with Gasteiger partial charge in [0.05, 0.1) is 0 Å². The summed E-state index contributed by atoms with van der Waals surface area (Å²) in [4.78, 5) is 20.3. The van der Waals surface area contributed by atoms with Crippen LogP contribution < -0.4 is 37.2 Å². The van der Waals surface area contributed by atoms with Crippen molar-refractivity contribution in [2.45, 2.75) is 90.9 Å². The first-order valence-corrected chi connectivity index (χ1v) is 8.03. The van der Waals surface area contributed by atoms with Gasteiger partial charge in [0.2, 0.25) is 0 Å². The van der Waals surface area contributed by atoms with Crippen LogP contribution in [0.2, 0.25) is 0 Å². The van der Waals surface area contributed by atoms with Crippen molar-refractivity contribution in [3.8, 4) is 0 Å². The van der Waals surface area contributed by atoms with Crippen LogP contribution in [0.15, 0.2) is 0 Å². The molecule has 1 radical (unpaired) electrons. The number of rotatable bonds is 12. The molecule has 0 aromatic rings. The zero-order valence-electron chi connectivity index (χ0n) is 14.9. The van der Waals surface area contributed by atoms with Crippen LogP contribution in [0.1, 0.15) is 90.9 Å². The van der Waals surface area contributed by atoms with E-state index in [1.807, 2.05) is 0 Å². The monoisotopic (exact) mass is 437 g/mol. The quantitative estimate of drug-likeness (QED) is 0.238. The smallest absolute Gasteiger partial charge is 1.00 e. The molecule has 2 amide bonds. The topological polar surface area (TPSA) is 81.7 Å². The molecule has 0 rings (SSSR count). The number of carbonyl (C=O) groups is 2. The number of carbonyl (C=O) groups excluding carboxylic acids is 2. The van der Waals surface area contributed by atoms with Gasteiger partial charge in [0.1, 0.15) is 0 Å². The van der Waals surface area contributed by atoms with Crippen molar-refractivity contribution in [2.75, 3.05) is 0 Å². The summed E-state index contributed by atoms with van der Waals surface area (Å²) in [6.45, 7) is 4.32. The number of unbranched alkanes of at least 4 members (excludes halogenated alkanes) is 8. The van der Waals surface area contributed by atoms with Crippen LogP contribution in [0.25, 0.3) is 11.5 Å². The molecular weight excluding hydrogens is 406 g/mol. The van der Waals surface area contributed by atoms with Gasteiger partial charge in [-0.05, 0) is 25.7 Å². The van der Waals surface area contributed by atoms with Crippen LogP contribution in [0.4, 0.5) is 0 Å². The molecule has 0 heterocycles. The summed E-state index contributed by atoms with van der Waals surface area (Å²) in [6.07, 6.45) is 12.3. The summed E-state index contributed by atoms with van der Waals surface area (Å²) in [5.74, 6) is -0.840. The fourth-order valence-electron chi connectivity index (χ4n) is 1.78. The third-order valence-corrected chi connectivity index (χ3v) is 3.01. The predicted molar refractivity (Wildman–Crippen MR) is 85.4 cm³/mol. The van der Waals surface area contributed by atoms with Crippen molar-refractivity contribution >= 4 is 11.8 Å². The fourth-order valence-corrected chi connectivity index (χ4v) is 1.78. The summed E-state index contributed by atoms with van der Waals surface area (Å²) in [5, 5.41) is 0. The molecule has 0 saturated carbocycles. The van der Waals surface area contributed by atoms with Crippen LogP contribution in [0.5, 0.6) is 0 Å². The average molecular weight is 439 g/mol. The van der Waals surface area contributed by atoms with Crippen LogP contribution in [0, 0.1) is 0 Å². The molecule has 0 fully saturated rings. The Balaban J connectivity index is -0.0000000579. The van der Waals surface area contributed by atoms with Crippen molar-refractivity contribution in [2.24, 2.45) is 0 Å². The molecule has 8 heteroatoms. The molecule has 0 saturated heterocycles. The van der Waals surface area contributed by atoms with E-state index in [4.69, 9.17) is 11.5 Å². The molecule has 0 spiro atoms. The first-order valence-electron chi connectivity index (χ1n) is 8.03. The van der Waals surface area contributed by atoms with Crippen molar-refractivity contribution in [3.05, 3.63) is 11.5 Å². The second-order valence-corrected chi connectivity index (χ2v) is 5.17. The minimum atomic E-state index is -0.420. The molecule has 0 unspecified atom stereocenters. The van der Waals surface area contributed by atoms with Gasteiger partial charge in [0, 0.05) is 11.8 Å². The number of halogens is 3. The van der Waals surface area contributed by atoms with Crippen molar-refractivity contribution in [1.29, 1.82) is 0 Å². The normalized spacial score (nSPS) is 8.08. The second kappa shape index (κ2) is 34.8. The van der Waals surface area contributed by atoms with Gasteiger partial charge in [-0.25, -0.2) is 0 Å². The Hall–Kier alpha value is 0.524. The zero-order valence-corrected chi connectivity index (χ0v) is 18.8. The summed E-state index contributed by atoms with van der Waals surface area (Å²) in [7, 11) is 0. The molecule has 0 aliphatic heterocycles. The second-order valence-electron chi connectivity index (χ2n) is 5.17. The molecule has 145 valence electrons. The van der Waals surface area contributed by atoms with E-state index in [0.29, 0.717) is 12.8 Å². The summed E-state index contributed by atoms with van der Waals surface area (Å²) in [6, 6.07) is 0. The number of hydrogen-bond acceptors (Lipinski definition) is 2. The third kappa shape index (κ3) is 49.5. The number of amides is 2. The van der Waals surface area contributed by atoms with Crippen LogP contribution in [-0.4, -0.2) is 11.8 Å². The van der Waals surface area contributed by atoms with Crippen molar-refractivity contribution in [3.63, 3.8) is 0 Å². The van der Waals surface area contributed by atoms with Gasteiger partial charge in [0.25, 0.3) is 0 Å². The van der Waals surface area contributed by atoms with E-state index >= 15 is 0 Å². The molecular formula is C16H32Cl3N2O2Ti-2. The van der Waals surface area contributed by atoms with Gasteiger partial charge in [-0.2, -0.15) is 0 Å². The molecule has 4 nitrogen and oxygen atoms in total. The van der Waals surface area contributed by atoms with E-state index in [-0.39, 0.29) is 58.9 Å². The molecule has 2 N–H and O–H groups in total. The van der Waals surface area contributed by atoms with E-state index in [9.17, 15) is 9.59 Å². The van der Waals surface area contributed by atoms with E-state index in [1.165, 1.54) is 38.5 Å². The van der Waals surface area contributed by atoms with E-state index in [0.717, 1.165) is 25.7 Å². The molecule has 0 aliphatic carbocycles. The summed E-state index contributed by atoms with van der Waals surface area (Å²) in [5.41, 5.74) is 13.2. The Kier molecular flexibility index (Phi) is 57.3. The van der Waals surface area contributed by atoms with E-state index in [1.54, 1.807) is 0 Å². The fraction of sp³-hybridized carbons (Fsp3) is 0.875. The molecule has 0 aromatic heterocycles. The minimum absolute atomic E-state index is 0. The van der Waals surface area contributed by atoms with Crippen LogP contribution in [0.3, 0.4) is 0 Å². The third-order valence-electron chi connectivity index (χ3n) is 3.01. The number of hydrogen-bond donors (Lipinski definition) is 0. The predicted octanol–water partition coefficient (Wildman–Crippen LogP) is -3.14. The Morgan fingerprint density at radius 2 is 0.833 bits per heavy atom. The van der Waals surface area contributed by atoms with Gasteiger partial charge in [0.15, 0.2) is 0 Å². The van der Waals surface area contributed by atoms with Crippen LogP contribution >= 0.6 is 0 Å². The maximum absolute atomic E-state index is 10.1. The van der Waals surface area contributed by atoms with E-state index < -0.39 is 11.8 Å². The van der Waals surface area contributed by atoms with Gasteiger partial charge in [-0.3, -0.25) is 0 Å². The first-order chi connectivity index (χ1) is 9.54. The largest absolute Gasteiger partial charge is 3.00 e. The maximum Gasteiger partial charge on any atom is 3.00 e. The van der Waals surface area contributed by atoms with E-state index in [2.05, 4.69) is 13.8 Å². The van der Waals surface area contributed by atoms with Crippen molar-refractivity contribution < 1.29 is 68.5 Å². The zero-order chi connectivity index (χ0) is 15.6. The van der Waals surface area contributed by atoms with Crippen LogP contribution in [-0.2, 0) is 31.3 Å². The van der Waals surface area contributed by atoms with Gasteiger partial charge in [-0.1, -0.05) is 65.2 Å². The Morgan fingerprint density at radius 3 is 1.04 bits per heavy atom. The first kappa shape index (κ1) is 39.5. The maximum atomic E-state index is 10.1. The molecule has 0 atom stereocenters.